The van der Waals surface area contributed by atoms with Crippen molar-refractivity contribution >= 4 is 40.4 Å². The van der Waals surface area contributed by atoms with E-state index in [2.05, 4.69) is 15.4 Å². The second kappa shape index (κ2) is 9.50. The Morgan fingerprint density at radius 2 is 1.91 bits per heavy atom. The minimum Gasteiger partial charge on any atom is -0.381 e. The van der Waals surface area contributed by atoms with Crippen LogP contribution in [0.4, 0.5) is 0 Å². The van der Waals surface area contributed by atoms with Crippen LogP contribution in [0.5, 0.6) is 0 Å². The molecule has 8 nitrogen and oxygen atoms in total. The number of amidine groups is 2. The highest BCUT2D eigenvalue weighted by atomic mass is 32.1. The quantitative estimate of drug-likeness (QED) is 0.435. The Kier molecular flexibility index (Phi) is 6.30. The van der Waals surface area contributed by atoms with Gasteiger partial charge in [0.25, 0.3) is 5.91 Å². The van der Waals surface area contributed by atoms with Gasteiger partial charge in [0, 0.05) is 42.7 Å². The predicted octanol–water partition coefficient (Wildman–Crippen LogP) is 3.92. The van der Waals surface area contributed by atoms with Gasteiger partial charge in [-0.2, -0.15) is 4.37 Å². The molecule has 0 radical (unpaired) electrons. The van der Waals surface area contributed by atoms with Crippen molar-refractivity contribution in [1.82, 2.24) is 19.2 Å². The van der Waals surface area contributed by atoms with Crippen molar-refractivity contribution in [2.45, 2.75) is 18.8 Å². The highest BCUT2D eigenvalue weighted by molar-refractivity contribution is 7.13. The molecule has 1 aromatic carbocycles. The topological polar surface area (TPSA) is 106 Å². The molecule has 3 aromatic rings. The average Bonchev–Trinajstić information content (AvgIpc) is 3.57. The van der Waals surface area contributed by atoms with Crippen molar-refractivity contribution in [3.63, 3.8) is 0 Å². The molecule has 2 N–H and O–H groups in total. The molecule has 5 rings (SSSR count). The lowest BCUT2D eigenvalue weighted by molar-refractivity contribution is 0.0757. The Bertz CT molecular complexity index is 1150. The molecule has 1 amide bonds. The lowest BCUT2D eigenvalue weighted by Gasteiger charge is -2.35. The van der Waals surface area contributed by atoms with E-state index >= 15 is 0 Å². The molecule has 2 saturated heterocycles. The summed E-state index contributed by atoms with van der Waals surface area (Å²) in [6.45, 7) is 2.44. The van der Waals surface area contributed by atoms with E-state index in [1.807, 2.05) is 35.7 Å². The minimum absolute atomic E-state index is 0.0959. The van der Waals surface area contributed by atoms with Gasteiger partial charge >= 0.3 is 0 Å². The number of carbonyl (C=O) groups excluding carboxylic acids is 1. The zero-order valence-corrected chi connectivity index (χ0v) is 19.6. The highest BCUT2D eigenvalue weighted by Crippen LogP contribution is 2.27. The van der Waals surface area contributed by atoms with Gasteiger partial charge in [-0.25, -0.2) is 4.98 Å². The lowest BCUT2D eigenvalue weighted by atomic mass is 10.00. The number of carbonyl (C=O) groups is 1. The number of nitrogens with zero attached hydrogens (tertiary/aromatic N) is 4. The number of ether oxygens (including phenoxy) is 1. The Hall–Kier alpha value is -2.95. The van der Waals surface area contributed by atoms with Gasteiger partial charge in [0.1, 0.15) is 11.7 Å². The van der Waals surface area contributed by atoms with Gasteiger partial charge in [-0.15, -0.1) is 11.3 Å². The third kappa shape index (κ3) is 4.59. The third-order valence-corrected chi connectivity index (χ3v) is 7.64. The number of piperazine rings is 1. The molecular formula is C23H24N6O2S2. The fourth-order valence-electron chi connectivity index (χ4n) is 4.09. The Balaban J connectivity index is 1.21. The largest absolute Gasteiger partial charge is 0.381 e. The number of aromatic nitrogens is 2. The molecular weight excluding hydrogens is 456 g/mol. The minimum atomic E-state index is -0.0959. The number of hydrogen-bond acceptors (Lipinski definition) is 8. The summed E-state index contributed by atoms with van der Waals surface area (Å²) < 4.78 is 9.87. The average molecular weight is 481 g/mol. The van der Waals surface area contributed by atoms with E-state index in [1.165, 1.54) is 16.4 Å². The summed E-state index contributed by atoms with van der Waals surface area (Å²) in [4.78, 5) is 22.0. The molecule has 0 saturated carbocycles. The fraction of sp³-hybridized carbons (Fsp3) is 0.348. The summed E-state index contributed by atoms with van der Waals surface area (Å²) >= 11 is 2.87. The number of rotatable bonds is 4. The molecule has 0 atom stereocenters. The van der Waals surface area contributed by atoms with Crippen molar-refractivity contribution in [3.05, 3.63) is 58.2 Å². The van der Waals surface area contributed by atoms with Crippen LogP contribution in [-0.4, -0.2) is 69.6 Å². The zero-order valence-electron chi connectivity index (χ0n) is 18.0. The Morgan fingerprint density at radius 1 is 1.12 bits per heavy atom. The number of hydrogen-bond donors (Lipinski definition) is 2. The molecule has 2 aliphatic heterocycles. The van der Waals surface area contributed by atoms with Crippen molar-refractivity contribution in [2.24, 2.45) is 0 Å². The predicted molar refractivity (Wildman–Crippen MR) is 130 cm³/mol. The number of amides is 1. The van der Waals surface area contributed by atoms with Gasteiger partial charge in [0.15, 0.2) is 10.8 Å². The van der Waals surface area contributed by atoms with E-state index in [1.54, 1.807) is 21.1 Å². The second-order valence-electron chi connectivity index (χ2n) is 8.07. The summed E-state index contributed by atoms with van der Waals surface area (Å²) in [7, 11) is 0. The van der Waals surface area contributed by atoms with Crippen molar-refractivity contribution < 1.29 is 9.53 Å². The van der Waals surface area contributed by atoms with Gasteiger partial charge in [0.05, 0.1) is 6.54 Å². The van der Waals surface area contributed by atoms with E-state index in [0.717, 1.165) is 24.2 Å². The van der Waals surface area contributed by atoms with Crippen LogP contribution < -0.4 is 0 Å². The van der Waals surface area contributed by atoms with Crippen LogP contribution in [0.1, 0.15) is 39.9 Å². The molecule has 0 spiro atoms. The fourth-order valence-corrected chi connectivity index (χ4v) is 5.53. The molecule has 0 aliphatic carbocycles. The van der Waals surface area contributed by atoms with Gasteiger partial charge in [-0.3, -0.25) is 15.6 Å². The van der Waals surface area contributed by atoms with Crippen LogP contribution in [0.3, 0.4) is 0 Å². The van der Waals surface area contributed by atoms with Gasteiger partial charge in [0.2, 0.25) is 0 Å². The molecule has 170 valence electrons. The number of benzene rings is 1. The summed E-state index contributed by atoms with van der Waals surface area (Å²) in [5.74, 6) is 1.35. The zero-order chi connectivity index (χ0) is 22.8. The van der Waals surface area contributed by atoms with Gasteiger partial charge < -0.3 is 14.5 Å². The maximum absolute atomic E-state index is 13.0. The van der Waals surface area contributed by atoms with Crippen molar-refractivity contribution in [2.75, 3.05) is 32.8 Å². The standard InChI is InChI=1S/C23H24N6O2S2/c24-19-14-28(23(30)17-5-3-15(4-6-17)18-2-1-13-32-18)9-10-29(19)20(25)22-26-21(27-33-22)16-7-11-31-12-8-16/h1-6,13,16,24-25H,7-12,14H2. The van der Waals surface area contributed by atoms with Gasteiger partial charge in [-0.05, 0) is 53.5 Å². The van der Waals surface area contributed by atoms with Crippen LogP contribution in [-0.2, 0) is 4.74 Å². The maximum atomic E-state index is 13.0. The van der Waals surface area contributed by atoms with Crippen LogP contribution in [0.15, 0.2) is 41.8 Å². The van der Waals surface area contributed by atoms with Crippen LogP contribution in [0.2, 0.25) is 0 Å². The number of thiophene rings is 1. The smallest absolute Gasteiger partial charge is 0.254 e. The van der Waals surface area contributed by atoms with Crippen molar-refractivity contribution in [3.8, 4) is 10.4 Å². The SMILES string of the molecule is N=C1CN(C(=O)c2ccc(-c3cccs3)cc2)CCN1C(=N)c1nc(C2CCOCC2)ns1. The van der Waals surface area contributed by atoms with E-state index in [9.17, 15) is 4.79 Å². The molecule has 2 aromatic heterocycles. The van der Waals surface area contributed by atoms with E-state index in [0.29, 0.717) is 36.9 Å². The van der Waals surface area contributed by atoms with Crippen LogP contribution in [0, 0.1) is 10.8 Å². The van der Waals surface area contributed by atoms with E-state index < -0.39 is 0 Å². The third-order valence-electron chi connectivity index (χ3n) is 5.99. The molecule has 10 heteroatoms. The lowest BCUT2D eigenvalue weighted by Crippen LogP contribution is -2.53. The second-order valence-corrected chi connectivity index (χ2v) is 9.77. The first kappa shape index (κ1) is 21.9. The molecule has 0 unspecified atom stereocenters. The summed E-state index contributed by atoms with van der Waals surface area (Å²) in [6, 6.07) is 11.7. The molecule has 0 bridgehead atoms. The monoisotopic (exact) mass is 480 g/mol. The molecule has 4 heterocycles. The van der Waals surface area contributed by atoms with Gasteiger partial charge in [-0.1, -0.05) is 18.2 Å². The first-order chi connectivity index (χ1) is 16.1. The Morgan fingerprint density at radius 3 is 2.61 bits per heavy atom. The van der Waals surface area contributed by atoms with E-state index in [-0.39, 0.29) is 30.0 Å². The first-order valence-electron chi connectivity index (χ1n) is 10.9. The summed E-state index contributed by atoms with van der Waals surface area (Å²) in [6.07, 6.45) is 1.79. The summed E-state index contributed by atoms with van der Waals surface area (Å²) in [5.41, 5.74) is 1.70. The molecule has 2 fully saturated rings. The summed E-state index contributed by atoms with van der Waals surface area (Å²) in [5, 5.41) is 19.6. The highest BCUT2D eigenvalue weighted by Gasteiger charge is 2.30. The Labute approximate surface area is 200 Å². The van der Waals surface area contributed by atoms with E-state index in [4.69, 9.17) is 15.6 Å². The van der Waals surface area contributed by atoms with Crippen LogP contribution in [0.25, 0.3) is 10.4 Å². The van der Waals surface area contributed by atoms with Crippen molar-refractivity contribution in [1.29, 1.82) is 10.8 Å². The first-order valence-corrected chi connectivity index (χ1v) is 12.5. The maximum Gasteiger partial charge on any atom is 0.254 e. The molecule has 2 aliphatic rings. The number of nitrogens with one attached hydrogen (secondary N) is 2. The molecule has 33 heavy (non-hydrogen) atoms. The van der Waals surface area contributed by atoms with Crippen LogP contribution >= 0.6 is 22.9 Å². The normalized spacial score (nSPS) is 17.4.